The third-order valence-corrected chi connectivity index (χ3v) is 6.97. The van der Waals surface area contributed by atoms with Crippen molar-refractivity contribution >= 4 is 39.4 Å². The SMILES string of the molecule is CC(=O)Oc1ccccc1-c1nc2sc(=C3C(=O)N(Cc4ccc(F)cc4)c4ccccc43)c(=O)n2n1. The van der Waals surface area contributed by atoms with Gasteiger partial charge < -0.3 is 9.64 Å². The fraction of sp³-hybridized carbons (Fsp3) is 0.0741. The van der Waals surface area contributed by atoms with Gasteiger partial charge >= 0.3 is 5.97 Å². The molecule has 6 rings (SSSR count). The van der Waals surface area contributed by atoms with Crippen LogP contribution in [0.15, 0.2) is 77.6 Å². The first-order chi connectivity index (χ1) is 17.9. The molecule has 0 unspecified atom stereocenters. The van der Waals surface area contributed by atoms with E-state index in [1.54, 1.807) is 53.4 Å². The molecule has 1 aliphatic rings. The summed E-state index contributed by atoms with van der Waals surface area (Å²) in [5, 5.41) is 4.36. The van der Waals surface area contributed by atoms with Crippen molar-refractivity contribution in [2.24, 2.45) is 0 Å². The van der Waals surface area contributed by atoms with Gasteiger partial charge in [0.25, 0.3) is 11.5 Å². The molecular weight excluding hydrogens is 495 g/mol. The van der Waals surface area contributed by atoms with Gasteiger partial charge in [-0.3, -0.25) is 14.4 Å². The van der Waals surface area contributed by atoms with Gasteiger partial charge in [0.15, 0.2) is 5.82 Å². The number of aromatic nitrogens is 3. The van der Waals surface area contributed by atoms with Gasteiger partial charge in [0.1, 0.15) is 16.1 Å². The van der Waals surface area contributed by atoms with Gasteiger partial charge in [0.05, 0.1) is 23.4 Å². The molecule has 0 N–H and O–H groups in total. The Morgan fingerprint density at radius 3 is 2.41 bits per heavy atom. The Hall–Kier alpha value is -4.70. The number of ether oxygens (including phenoxy) is 1. The fourth-order valence-corrected chi connectivity index (χ4v) is 5.32. The molecule has 3 aromatic carbocycles. The highest BCUT2D eigenvalue weighted by atomic mass is 32.1. The molecule has 0 radical (unpaired) electrons. The first-order valence-corrected chi connectivity index (χ1v) is 12.1. The van der Waals surface area contributed by atoms with Crippen LogP contribution in [-0.4, -0.2) is 26.5 Å². The zero-order chi connectivity index (χ0) is 25.7. The predicted molar refractivity (Wildman–Crippen MR) is 136 cm³/mol. The van der Waals surface area contributed by atoms with E-state index in [1.165, 1.54) is 19.1 Å². The average molecular weight is 513 g/mol. The maximum atomic E-state index is 13.6. The van der Waals surface area contributed by atoms with E-state index in [9.17, 15) is 18.8 Å². The first kappa shape index (κ1) is 22.7. The zero-order valence-electron chi connectivity index (χ0n) is 19.3. The molecule has 0 aliphatic carbocycles. The van der Waals surface area contributed by atoms with Gasteiger partial charge in [-0.05, 0) is 35.9 Å². The van der Waals surface area contributed by atoms with Gasteiger partial charge in [0, 0.05) is 12.5 Å². The number of nitrogens with zero attached hydrogens (tertiary/aromatic N) is 4. The Bertz CT molecular complexity index is 1830. The van der Waals surface area contributed by atoms with Crippen molar-refractivity contribution in [3.05, 3.63) is 105 Å². The third kappa shape index (κ3) is 3.87. The second kappa shape index (κ2) is 8.75. The zero-order valence-corrected chi connectivity index (χ0v) is 20.2. The number of fused-ring (bicyclic) bond motifs is 2. The van der Waals surface area contributed by atoms with Crippen LogP contribution in [0.5, 0.6) is 5.75 Å². The molecule has 0 bridgehead atoms. The normalized spacial score (nSPS) is 14.3. The summed E-state index contributed by atoms with van der Waals surface area (Å²) in [7, 11) is 0. The number of esters is 1. The van der Waals surface area contributed by atoms with Crippen LogP contribution in [0.2, 0.25) is 0 Å². The molecule has 8 nitrogen and oxygen atoms in total. The van der Waals surface area contributed by atoms with Crippen LogP contribution in [0.3, 0.4) is 0 Å². The Morgan fingerprint density at radius 2 is 1.68 bits per heavy atom. The lowest BCUT2D eigenvalue weighted by molar-refractivity contribution is -0.131. The van der Waals surface area contributed by atoms with Crippen molar-refractivity contribution in [1.29, 1.82) is 0 Å². The van der Waals surface area contributed by atoms with E-state index < -0.39 is 11.5 Å². The Kier molecular flexibility index (Phi) is 5.38. The molecule has 1 aliphatic heterocycles. The van der Waals surface area contributed by atoms with Crippen LogP contribution in [0.4, 0.5) is 10.1 Å². The Balaban J connectivity index is 1.47. The molecule has 1 amide bonds. The van der Waals surface area contributed by atoms with Crippen molar-refractivity contribution in [1.82, 2.24) is 14.6 Å². The molecule has 3 heterocycles. The minimum atomic E-state index is -0.486. The highest BCUT2D eigenvalue weighted by Crippen LogP contribution is 2.36. The molecule has 182 valence electrons. The number of carbonyl (C=O) groups excluding carboxylic acids is 2. The minimum absolute atomic E-state index is 0.228. The summed E-state index contributed by atoms with van der Waals surface area (Å²) >= 11 is 1.07. The molecule has 0 saturated heterocycles. The molecular formula is C27H17FN4O4S. The van der Waals surface area contributed by atoms with Gasteiger partial charge in [-0.2, -0.15) is 9.50 Å². The van der Waals surface area contributed by atoms with Crippen LogP contribution >= 0.6 is 11.3 Å². The van der Waals surface area contributed by atoms with Crippen LogP contribution in [0.25, 0.3) is 21.9 Å². The number of amides is 1. The van der Waals surface area contributed by atoms with E-state index in [4.69, 9.17) is 4.74 Å². The molecule has 5 aromatic rings. The number of benzene rings is 3. The first-order valence-electron chi connectivity index (χ1n) is 11.3. The third-order valence-electron chi connectivity index (χ3n) is 5.94. The highest BCUT2D eigenvalue weighted by Gasteiger charge is 2.34. The van der Waals surface area contributed by atoms with Crippen molar-refractivity contribution in [2.75, 3.05) is 4.90 Å². The standard InChI is InChI=1S/C27H17FN4O4S/c1-15(33)36-21-9-5-3-7-19(21)24-29-27-32(30-24)26(35)23(37-27)22-18-6-2-4-8-20(18)31(25(22)34)14-16-10-12-17(28)13-11-16/h2-13H,14H2,1H3. The fourth-order valence-electron chi connectivity index (χ4n) is 4.32. The van der Waals surface area contributed by atoms with Crippen molar-refractivity contribution in [2.45, 2.75) is 13.5 Å². The van der Waals surface area contributed by atoms with Gasteiger partial charge in [0.2, 0.25) is 4.96 Å². The lowest BCUT2D eigenvalue weighted by Gasteiger charge is -2.17. The molecule has 37 heavy (non-hydrogen) atoms. The number of carbonyl (C=O) groups is 2. The monoisotopic (exact) mass is 512 g/mol. The summed E-state index contributed by atoms with van der Waals surface area (Å²) in [6.07, 6.45) is 0. The lowest BCUT2D eigenvalue weighted by Crippen LogP contribution is -2.32. The Morgan fingerprint density at radius 1 is 0.973 bits per heavy atom. The molecule has 10 heteroatoms. The maximum absolute atomic E-state index is 13.6. The van der Waals surface area contributed by atoms with Gasteiger partial charge in [-0.1, -0.05) is 53.8 Å². The van der Waals surface area contributed by atoms with E-state index in [0.717, 1.165) is 21.4 Å². The number of hydrogen-bond acceptors (Lipinski definition) is 7. The van der Waals surface area contributed by atoms with Gasteiger partial charge in [-0.25, -0.2) is 4.39 Å². The summed E-state index contributed by atoms with van der Waals surface area (Å²) < 4.78 is 20.0. The van der Waals surface area contributed by atoms with Crippen LogP contribution in [0, 0.1) is 5.82 Å². The van der Waals surface area contributed by atoms with Crippen LogP contribution in [-0.2, 0) is 16.1 Å². The second-order valence-electron chi connectivity index (χ2n) is 8.37. The minimum Gasteiger partial charge on any atom is -0.426 e. The molecule has 2 aromatic heterocycles. The second-order valence-corrected chi connectivity index (χ2v) is 9.34. The van der Waals surface area contributed by atoms with Crippen LogP contribution in [0.1, 0.15) is 18.1 Å². The maximum Gasteiger partial charge on any atom is 0.308 e. The van der Waals surface area contributed by atoms with Crippen LogP contribution < -0.4 is 19.7 Å². The number of hydrogen-bond donors (Lipinski definition) is 0. The smallest absolute Gasteiger partial charge is 0.308 e. The van der Waals surface area contributed by atoms with E-state index in [-0.39, 0.29) is 39.9 Å². The lowest BCUT2D eigenvalue weighted by atomic mass is 10.1. The Labute approximate surface area is 212 Å². The molecule has 0 atom stereocenters. The van der Waals surface area contributed by atoms with E-state index in [0.29, 0.717) is 21.8 Å². The molecule has 0 saturated carbocycles. The number of anilines is 1. The molecule has 0 fully saturated rings. The predicted octanol–water partition coefficient (Wildman–Crippen LogP) is 3.35. The number of halogens is 1. The van der Waals surface area contributed by atoms with Gasteiger partial charge in [-0.15, -0.1) is 5.10 Å². The summed E-state index contributed by atoms with van der Waals surface area (Å²) in [5.41, 5.74) is 2.34. The summed E-state index contributed by atoms with van der Waals surface area (Å²) in [6.45, 7) is 1.52. The quantitative estimate of drug-likeness (QED) is 0.271. The highest BCUT2D eigenvalue weighted by molar-refractivity contribution is 7.15. The number of rotatable bonds is 4. The summed E-state index contributed by atoms with van der Waals surface area (Å²) in [5.74, 6) is -0.656. The van der Waals surface area contributed by atoms with E-state index in [2.05, 4.69) is 10.1 Å². The summed E-state index contributed by atoms with van der Waals surface area (Å²) in [6, 6.07) is 20.0. The molecule has 0 spiro atoms. The van der Waals surface area contributed by atoms with E-state index in [1.807, 2.05) is 12.1 Å². The van der Waals surface area contributed by atoms with Crippen molar-refractivity contribution in [3.8, 4) is 17.1 Å². The topological polar surface area (TPSA) is 93.9 Å². The largest absolute Gasteiger partial charge is 0.426 e. The summed E-state index contributed by atoms with van der Waals surface area (Å²) in [4.78, 5) is 44.9. The number of thiazole rings is 1. The van der Waals surface area contributed by atoms with Crippen molar-refractivity contribution < 1.29 is 18.7 Å². The van der Waals surface area contributed by atoms with E-state index >= 15 is 0 Å². The van der Waals surface area contributed by atoms with Crippen molar-refractivity contribution in [3.63, 3.8) is 0 Å². The average Bonchev–Trinajstić information content (AvgIpc) is 3.51. The number of para-hydroxylation sites is 2.